The largest absolute Gasteiger partial charge is 0.481 e. The fraction of sp³-hybridized carbons (Fsp3) is 0.480. The number of carboxylic acids is 1. The number of rotatable bonds is 9. The molecule has 0 aliphatic carbocycles. The molecular weight excluding hydrogens is 424 g/mol. The molecule has 0 saturated carbocycles. The standard InChI is InChI=1S/C23H30N2O4S.C2H6/c1-17-13-14-19-21(16-17)30(28,29)25(2)20-11-8-7-10-18(20)23(19)24-15-9-5-3-4-6-12-22(26)27;1-2/h7-8,10-11,13-14,16,23-24H,3-6,9,12,15H2,1-2H3,(H,26,27);1-2H3. The number of aryl methyl sites for hydroxylation is 1. The van der Waals surface area contributed by atoms with E-state index < -0.39 is 16.0 Å². The maximum Gasteiger partial charge on any atom is 0.303 e. The molecule has 32 heavy (non-hydrogen) atoms. The molecule has 2 N–H and O–H groups in total. The Bertz CT molecular complexity index is 1000. The SMILES string of the molecule is CC.Cc1ccc2c(c1)S(=O)(=O)N(C)c1ccccc1C2NCCCCCCCC(=O)O. The predicted molar refractivity (Wildman–Crippen MR) is 130 cm³/mol. The van der Waals surface area contributed by atoms with Crippen molar-refractivity contribution >= 4 is 21.7 Å². The van der Waals surface area contributed by atoms with E-state index in [0.29, 0.717) is 10.6 Å². The minimum atomic E-state index is -3.63. The zero-order valence-corrected chi connectivity index (χ0v) is 20.4. The second-order valence-electron chi connectivity index (χ2n) is 7.87. The molecule has 0 spiro atoms. The van der Waals surface area contributed by atoms with Crippen LogP contribution in [0.2, 0.25) is 0 Å². The number of benzene rings is 2. The molecule has 7 heteroatoms. The first-order valence-electron chi connectivity index (χ1n) is 11.5. The molecular formula is C25H36N2O4S. The van der Waals surface area contributed by atoms with Gasteiger partial charge in [-0.25, -0.2) is 8.42 Å². The number of hydrogen-bond donors (Lipinski definition) is 2. The predicted octanol–water partition coefficient (Wildman–Crippen LogP) is 5.26. The lowest BCUT2D eigenvalue weighted by atomic mass is 9.96. The van der Waals surface area contributed by atoms with Crippen molar-refractivity contribution in [2.45, 2.75) is 70.2 Å². The van der Waals surface area contributed by atoms with Crippen LogP contribution in [0.4, 0.5) is 5.69 Å². The van der Waals surface area contributed by atoms with Gasteiger partial charge < -0.3 is 10.4 Å². The summed E-state index contributed by atoms with van der Waals surface area (Å²) in [6, 6.07) is 13.1. The Hall–Kier alpha value is -2.38. The fourth-order valence-electron chi connectivity index (χ4n) is 3.96. The minimum absolute atomic E-state index is 0.205. The number of nitrogens with zero attached hydrogens (tertiary/aromatic N) is 1. The molecule has 1 aliphatic rings. The Morgan fingerprint density at radius 2 is 1.66 bits per heavy atom. The number of sulfonamides is 1. The van der Waals surface area contributed by atoms with E-state index in [1.54, 1.807) is 13.1 Å². The van der Waals surface area contributed by atoms with Gasteiger partial charge in [0.05, 0.1) is 16.6 Å². The highest BCUT2D eigenvalue weighted by molar-refractivity contribution is 7.92. The van der Waals surface area contributed by atoms with Crippen molar-refractivity contribution in [2.24, 2.45) is 0 Å². The number of aliphatic carboxylic acids is 1. The van der Waals surface area contributed by atoms with Gasteiger partial charge >= 0.3 is 5.97 Å². The van der Waals surface area contributed by atoms with Gasteiger partial charge in [-0.15, -0.1) is 0 Å². The monoisotopic (exact) mass is 460 g/mol. The first-order chi connectivity index (χ1) is 15.3. The van der Waals surface area contributed by atoms with E-state index in [2.05, 4.69) is 5.32 Å². The lowest BCUT2D eigenvalue weighted by Gasteiger charge is -2.22. The Labute approximate surface area is 192 Å². The number of unbranched alkanes of at least 4 members (excludes halogenated alkanes) is 4. The van der Waals surface area contributed by atoms with E-state index in [9.17, 15) is 13.2 Å². The molecule has 0 aromatic heterocycles. The molecule has 2 aromatic rings. The number of para-hydroxylation sites is 1. The van der Waals surface area contributed by atoms with E-state index in [1.165, 1.54) is 4.31 Å². The van der Waals surface area contributed by atoms with Crippen LogP contribution in [0.5, 0.6) is 0 Å². The summed E-state index contributed by atoms with van der Waals surface area (Å²) in [6.07, 6.45) is 4.84. The van der Waals surface area contributed by atoms with Crippen molar-refractivity contribution in [3.8, 4) is 0 Å². The summed E-state index contributed by atoms with van der Waals surface area (Å²) < 4.78 is 27.9. The molecule has 1 atom stereocenters. The summed E-state index contributed by atoms with van der Waals surface area (Å²) in [5, 5.41) is 12.3. The van der Waals surface area contributed by atoms with E-state index in [1.807, 2.05) is 57.2 Å². The van der Waals surface area contributed by atoms with Crippen LogP contribution >= 0.6 is 0 Å². The molecule has 6 nitrogen and oxygen atoms in total. The summed E-state index contributed by atoms with van der Waals surface area (Å²) in [6.45, 7) is 6.66. The number of carboxylic acid groups (broad SMARTS) is 1. The van der Waals surface area contributed by atoms with Crippen LogP contribution in [-0.2, 0) is 14.8 Å². The quantitative estimate of drug-likeness (QED) is 0.498. The average Bonchev–Trinajstić information content (AvgIpc) is 2.85. The van der Waals surface area contributed by atoms with Crippen molar-refractivity contribution in [2.75, 3.05) is 17.9 Å². The van der Waals surface area contributed by atoms with Gasteiger partial charge in [0, 0.05) is 13.5 Å². The molecule has 1 heterocycles. The normalized spacial score (nSPS) is 16.2. The average molecular weight is 461 g/mol. The summed E-state index contributed by atoms with van der Waals surface area (Å²) >= 11 is 0. The van der Waals surface area contributed by atoms with Crippen LogP contribution in [0.15, 0.2) is 47.4 Å². The van der Waals surface area contributed by atoms with Crippen LogP contribution < -0.4 is 9.62 Å². The van der Waals surface area contributed by atoms with E-state index in [-0.39, 0.29) is 12.5 Å². The molecule has 0 fully saturated rings. The number of nitrogens with one attached hydrogen (secondary N) is 1. The number of hydrogen-bond acceptors (Lipinski definition) is 4. The van der Waals surface area contributed by atoms with Gasteiger partial charge in [0.15, 0.2) is 0 Å². The highest BCUT2D eigenvalue weighted by Gasteiger charge is 2.34. The lowest BCUT2D eigenvalue weighted by molar-refractivity contribution is -0.137. The van der Waals surface area contributed by atoms with Gasteiger partial charge in [0.25, 0.3) is 10.0 Å². The van der Waals surface area contributed by atoms with Crippen molar-refractivity contribution in [3.63, 3.8) is 0 Å². The van der Waals surface area contributed by atoms with Gasteiger partial charge in [-0.2, -0.15) is 0 Å². The zero-order valence-electron chi connectivity index (χ0n) is 19.6. The summed E-state index contributed by atoms with van der Waals surface area (Å²) in [4.78, 5) is 10.9. The highest BCUT2D eigenvalue weighted by atomic mass is 32.2. The summed E-state index contributed by atoms with van der Waals surface area (Å²) in [5.41, 5.74) is 3.33. The molecule has 0 radical (unpaired) electrons. The lowest BCUT2D eigenvalue weighted by Crippen LogP contribution is -2.26. The van der Waals surface area contributed by atoms with Gasteiger partial charge in [-0.3, -0.25) is 9.10 Å². The summed E-state index contributed by atoms with van der Waals surface area (Å²) in [5.74, 6) is -0.738. The first kappa shape index (κ1) is 25.9. The molecule has 3 rings (SSSR count). The van der Waals surface area contributed by atoms with Crippen molar-refractivity contribution in [1.29, 1.82) is 0 Å². The molecule has 2 aromatic carbocycles. The summed E-state index contributed by atoms with van der Waals surface area (Å²) in [7, 11) is -2.02. The third-order valence-corrected chi connectivity index (χ3v) is 7.45. The third kappa shape index (κ3) is 6.11. The van der Waals surface area contributed by atoms with Crippen molar-refractivity contribution < 1.29 is 18.3 Å². The Morgan fingerprint density at radius 1 is 1.00 bits per heavy atom. The molecule has 0 saturated heterocycles. The number of carbonyl (C=O) groups is 1. The maximum atomic E-state index is 13.3. The molecule has 176 valence electrons. The topological polar surface area (TPSA) is 86.7 Å². The van der Waals surface area contributed by atoms with Gasteiger partial charge in [-0.1, -0.05) is 63.4 Å². The van der Waals surface area contributed by atoms with Gasteiger partial charge in [0.2, 0.25) is 0 Å². The third-order valence-electron chi connectivity index (χ3n) is 5.62. The highest BCUT2D eigenvalue weighted by Crippen LogP contribution is 2.40. The minimum Gasteiger partial charge on any atom is -0.481 e. The van der Waals surface area contributed by atoms with E-state index >= 15 is 0 Å². The van der Waals surface area contributed by atoms with E-state index in [4.69, 9.17) is 5.11 Å². The second kappa shape index (κ2) is 12.0. The Kier molecular flexibility index (Phi) is 9.72. The van der Waals surface area contributed by atoms with Crippen LogP contribution in [0, 0.1) is 6.92 Å². The van der Waals surface area contributed by atoms with Crippen LogP contribution in [0.3, 0.4) is 0 Å². The molecule has 1 aliphatic heterocycles. The molecule has 0 bridgehead atoms. The zero-order chi connectivity index (χ0) is 23.7. The van der Waals surface area contributed by atoms with Crippen LogP contribution in [0.25, 0.3) is 0 Å². The fourth-order valence-corrected chi connectivity index (χ4v) is 5.50. The maximum absolute atomic E-state index is 13.3. The van der Waals surface area contributed by atoms with Crippen molar-refractivity contribution in [1.82, 2.24) is 5.32 Å². The Morgan fingerprint density at radius 3 is 2.38 bits per heavy atom. The van der Waals surface area contributed by atoms with Crippen molar-refractivity contribution in [3.05, 3.63) is 59.2 Å². The van der Waals surface area contributed by atoms with Gasteiger partial charge in [0.1, 0.15) is 0 Å². The smallest absolute Gasteiger partial charge is 0.303 e. The van der Waals surface area contributed by atoms with Crippen LogP contribution in [-0.4, -0.2) is 33.1 Å². The first-order valence-corrected chi connectivity index (χ1v) is 12.9. The second-order valence-corrected chi connectivity index (χ2v) is 9.81. The number of fused-ring (bicyclic) bond motifs is 2. The molecule has 1 unspecified atom stereocenters. The van der Waals surface area contributed by atoms with E-state index in [0.717, 1.165) is 55.3 Å². The number of anilines is 1. The van der Waals surface area contributed by atoms with Crippen LogP contribution in [0.1, 0.15) is 75.1 Å². The van der Waals surface area contributed by atoms with Gasteiger partial charge in [-0.05, 0) is 55.1 Å². The Balaban J connectivity index is 0.00000176. The molecule has 0 amide bonds.